The molecule has 3 aromatic rings. The first-order chi connectivity index (χ1) is 15.0. The maximum atomic E-state index is 12.6. The van der Waals surface area contributed by atoms with Crippen LogP contribution in [0.2, 0.25) is 0 Å². The van der Waals surface area contributed by atoms with E-state index in [1.165, 1.54) is 4.68 Å². The fraction of sp³-hybridized carbons (Fsp3) is 0.238. The molecule has 10 heteroatoms. The van der Waals surface area contributed by atoms with E-state index in [4.69, 9.17) is 14.2 Å². The molecule has 0 aliphatic carbocycles. The van der Waals surface area contributed by atoms with Crippen LogP contribution in [-0.2, 0) is 11.3 Å². The van der Waals surface area contributed by atoms with Crippen molar-refractivity contribution in [2.45, 2.75) is 20.4 Å². The van der Waals surface area contributed by atoms with Crippen LogP contribution < -0.4 is 24.8 Å². The number of hydrogen-bond donors (Lipinski definition) is 2. The Balaban J connectivity index is 1.38. The molecule has 0 spiro atoms. The molecule has 0 radical (unpaired) electrons. The van der Waals surface area contributed by atoms with Crippen molar-refractivity contribution < 1.29 is 23.8 Å². The average Bonchev–Trinajstić information content (AvgIpc) is 3.36. The number of aromatic nitrogens is 3. The molecule has 1 aliphatic rings. The Morgan fingerprint density at radius 2 is 1.81 bits per heavy atom. The van der Waals surface area contributed by atoms with Crippen LogP contribution >= 0.6 is 0 Å². The highest BCUT2D eigenvalue weighted by atomic mass is 16.7. The van der Waals surface area contributed by atoms with Gasteiger partial charge in [0.2, 0.25) is 12.7 Å². The van der Waals surface area contributed by atoms with Crippen LogP contribution in [0, 0.1) is 6.92 Å². The third kappa shape index (κ3) is 4.58. The second-order valence-corrected chi connectivity index (χ2v) is 6.71. The van der Waals surface area contributed by atoms with Crippen LogP contribution in [0.1, 0.15) is 23.1 Å². The first-order valence-corrected chi connectivity index (χ1v) is 9.67. The maximum absolute atomic E-state index is 12.6. The van der Waals surface area contributed by atoms with E-state index < -0.39 is 5.91 Å². The molecule has 0 bridgehead atoms. The quantitative estimate of drug-likeness (QED) is 0.600. The highest BCUT2D eigenvalue weighted by Gasteiger charge is 2.19. The Hall–Kier alpha value is -4.08. The summed E-state index contributed by atoms with van der Waals surface area (Å²) >= 11 is 0. The van der Waals surface area contributed by atoms with E-state index in [1.807, 2.05) is 6.92 Å². The van der Waals surface area contributed by atoms with Gasteiger partial charge < -0.3 is 24.8 Å². The van der Waals surface area contributed by atoms with Gasteiger partial charge in [0.25, 0.3) is 5.91 Å². The molecule has 10 nitrogen and oxygen atoms in total. The summed E-state index contributed by atoms with van der Waals surface area (Å²) in [5.41, 5.74) is 1.79. The minimum atomic E-state index is -0.413. The van der Waals surface area contributed by atoms with E-state index >= 15 is 0 Å². The minimum Gasteiger partial charge on any atom is -0.494 e. The summed E-state index contributed by atoms with van der Waals surface area (Å²) < 4.78 is 17.3. The summed E-state index contributed by atoms with van der Waals surface area (Å²) in [6, 6.07) is 12.1. The number of rotatable bonds is 7. The van der Waals surface area contributed by atoms with Crippen molar-refractivity contribution in [3.05, 3.63) is 53.9 Å². The first-order valence-electron chi connectivity index (χ1n) is 9.67. The van der Waals surface area contributed by atoms with Crippen molar-refractivity contribution in [2.75, 3.05) is 24.0 Å². The van der Waals surface area contributed by atoms with Crippen molar-refractivity contribution in [2.24, 2.45) is 0 Å². The molecule has 31 heavy (non-hydrogen) atoms. The number of amides is 2. The van der Waals surface area contributed by atoms with Gasteiger partial charge >= 0.3 is 0 Å². The molecule has 160 valence electrons. The zero-order chi connectivity index (χ0) is 21.8. The Bertz CT molecular complexity index is 1110. The lowest BCUT2D eigenvalue weighted by molar-refractivity contribution is -0.117. The van der Waals surface area contributed by atoms with Crippen LogP contribution in [-0.4, -0.2) is 40.2 Å². The lowest BCUT2D eigenvalue weighted by atomic mass is 10.2. The van der Waals surface area contributed by atoms with Gasteiger partial charge in [-0.25, -0.2) is 4.68 Å². The standard InChI is InChI=1S/C21H21N5O5/c1-3-29-16-7-4-14(5-8-16)23-21(28)20-13(2)26(25-24-20)11-19(27)22-15-6-9-17-18(10-15)31-12-30-17/h4-10H,3,11-12H2,1-2H3,(H,22,27)(H,23,28). The number of nitrogens with zero attached hydrogens (tertiary/aromatic N) is 3. The smallest absolute Gasteiger partial charge is 0.278 e. The summed E-state index contributed by atoms with van der Waals surface area (Å²) in [4.78, 5) is 25.0. The molecule has 0 saturated carbocycles. The summed E-state index contributed by atoms with van der Waals surface area (Å²) in [6.45, 7) is 4.21. The maximum Gasteiger partial charge on any atom is 0.278 e. The Kier molecular flexibility index (Phi) is 5.69. The zero-order valence-electron chi connectivity index (χ0n) is 17.0. The van der Waals surface area contributed by atoms with Crippen molar-refractivity contribution >= 4 is 23.2 Å². The Morgan fingerprint density at radius 3 is 2.58 bits per heavy atom. The van der Waals surface area contributed by atoms with Gasteiger partial charge in [-0.1, -0.05) is 5.21 Å². The van der Waals surface area contributed by atoms with Gasteiger partial charge in [0.05, 0.1) is 12.3 Å². The Morgan fingerprint density at radius 1 is 1.06 bits per heavy atom. The third-order valence-corrected chi connectivity index (χ3v) is 4.57. The molecular formula is C21H21N5O5. The molecule has 0 saturated heterocycles. The Labute approximate surface area is 178 Å². The largest absolute Gasteiger partial charge is 0.494 e. The molecule has 0 atom stereocenters. The average molecular weight is 423 g/mol. The fourth-order valence-corrected chi connectivity index (χ4v) is 3.02. The van der Waals surface area contributed by atoms with Crippen molar-refractivity contribution in [1.82, 2.24) is 15.0 Å². The van der Waals surface area contributed by atoms with Crippen molar-refractivity contribution in [3.63, 3.8) is 0 Å². The number of benzene rings is 2. The number of ether oxygens (including phenoxy) is 3. The van der Waals surface area contributed by atoms with Crippen molar-refractivity contribution in [3.8, 4) is 17.2 Å². The normalized spacial score (nSPS) is 11.8. The van der Waals surface area contributed by atoms with Gasteiger partial charge in [0.15, 0.2) is 17.2 Å². The number of fused-ring (bicyclic) bond motifs is 1. The van der Waals surface area contributed by atoms with Gasteiger partial charge in [-0.3, -0.25) is 9.59 Å². The summed E-state index contributed by atoms with van der Waals surface area (Å²) in [5, 5.41) is 13.4. The predicted molar refractivity (Wildman–Crippen MR) is 112 cm³/mol. The van der Waals surface area contributed by atoms with Gasteiger partial charge in [-0.2, -0.15) is 0 Å². The highest BCUT2D eigenvalue weighted by molar-refractivity contribution is 6.03. The summed E-state index contributed by atoms with van der Waals surface area (Å²) in [5.74, 6) is 1.20. The highest BCUT2D eigenvalue weighted by Crippen LogP contribution is 2.34. The molecule has 1 aromatic heterocycles. The topological polar surface area (TPSA) is 117 Å². The minimum absolute atomic E-state index is 0.0936. The number of carbonyl (C=O) groups excluding carboxylic acids is 2. The van der Waals surface area contributed by atoms with Crippen LogP contribution in [0.5, 0.6) is 17.2 Å². The van der Waals surface area contributed by atoms with E-state index in [0.717, 1.165) is 5.75 Å². The van der Waals surface area contributed by atoms with E-state index in [0.29, 0.717) is 35.2 Å². The van der Waals surface area contributed by atoms with Crippen LogP contribution in [0.3, 0.4) is 0 Å². The molecule has 2 heterocycles. The molecule has 2 amide bonds. The molecule has 0 unspecified atom stereocenters. The number of anilines is 2. The van der Waals surface area contributed by atoms with Crippen LogP contribution in [0.15, 0.2) is 42.5 Å². The summed E-state index contributed by atoms with van der Waals surface area (Å²) in [7, 11) is 0. The van der Waals surface area contributed by atoms with Gasteiger partial charge in [0, 0.05) is 17.4 Å². The van der Waals surface area contributed by atoms with Crippen LogP contribution in [0.4, 0.5) is 11.4 Å². The fourth-order valence-electron chi connectivity index (χ4n) is 3.02. The lowest BCUT2D eigenvalue weighted by Crippen LogP contribution is -2.21. The van der Waals surface area contributed by atoms with E-state index in [2.05, 4.69) is 20.9 Å². The zero-order valence-corrected chi connectivity index (χ0v) is 17.0. The van der Waals surface area contributed by atoms with E-state index in [-0.39, 0.29) is 24.9 Å². The molecule has 4 rings (SSSR count). The monoisotopic (exact) mass is 423 g/mol. The molecule has 2 N–H and O–H groups in total. The van der Waals surface area contributed by atoms with Crippen LogP contribution in [0.25, 0.3) is 0 Å². The molecule has 0 fully saturated rings. The van der Waals surface area contributed by atoms with E-state index in [9.17, 15) is 9.59 Å². The third-order valence-electron chi connectivity index (χ3n) is 4.57. The lowest BCUT2D eigenvalue weighted by Gasteiger charge is -2.08. The SMILES string of the molecule is CCOc1ccc(NC(=O)c2nnn(CC(=O)Nc3ccc4c(c3)OCO4)c2C)cc1. The molecule has 2 aromatic carbocycles. The molecule has 1 aliphatic heterocycles. The van der Waals surface area contributed by atoms with E-state index in [1.54, 1.807) is 49.4 Å². The first kappa shape index (κ1) is 20.2. The second-order valence-electron chi connectivity index (χ2n) is 6.71. The number of carbonyl (C=O) groups is 2. The van der Waals surface area contributed by atoms with Gasteiger partial charge in [0.1, 0.15) is 12.3 Å². The van der Waals surface area contributed by atoms with Gasteiger partial charge in [-0.15, -0.1) is 5.10 Å². The van der Waals surface area contributed by atoms with Gasteiger partial charge in [-0.05, 0) is 50.2 Å². The summed E-state index contributed by atoms with van der Waals surface area (Å²) in [6.07, 6.45) is 0. The number of nitrogens with one attached hydrogen (secondary N) is 2. The number of hydrogen-bond acceptors (Lipinski definition) is 7. The van der Waals surface area contributed by atoms with Crippen molar-refractivity contribution in [1.29, 1.82) is 0 Å². The predicted octanol–water partition coefficient (Wildman–Crippen LogP) is 2.60. The molecular weight excluding hydrogens is 402 g/mol. The second kappa shape index (κ2) is 8.74.